The van der Waals surface area contributed by atoms with E-state index in [4.69, 9.17) is 5.11 Å². The molecule has 1 aliphatic heterocycles. The summed E-state index contributed by atoms with van der Waals surface area (Å²) in [5.41, 5.74) is 0.962. The van der Waals surface area contributed by atoms with Crippen molar-refractivity contribution in [3.63, 3.8) is 0 Å². The lowest BCUT2D eigenvalue weighted by Crippen LogP contribution is -2.37. The second kappa shape index (κ2) is 7.17. The Kier molecular flexibility index (Phi) is 5.27. The number of carboxylic acid groups (broad SMARTS) is 1. The number of halogens is 1. The Bertz CT molecular complexity index is 504. The lowest BCUT2D eigenvalue weighted by atomic mass is 10.1. The van der Waals surface area contributed by atoms with Crippen molar-refractivity contribution in [2.75, 3.05) is 26.2 Å². The summed E-state index contributed by atoms with van der Waals surface area (Å²) in [6.45, 7) is 1.79. The van der Waals surface area contributed by atoms with Crippen LogP contribution >= 0.6 is 0 Å². The van der Waals surface area contributed by atoms with Crippen LogP contribution in [0.25, 0.3) is 0 Å². The van der Waals surface area contributed by atoms with Crippen LogP contribution in [0.2, 0.25) is 0 Å². The van der Waals surface area contributed by atoms with Gasteiger partial charge in [-0.15, -0.1) is 0 Å². The van der Waals surface area contributed by atoms with Crippen molar-refractivity contribution in [1.29, 1.82) is 0 Å². The van der Waals surface area contributed by atoms with Gasteiger partial charge in [-0.25, -0.2) is 4.39 Å². The second-order valence-electron chi connectivity index (χ2n) is 5.29. The SMILES string of the molecule is O=C(CN1CCC(C(=O)O)C1)NCCc1ccc(F)cc1. The van der Waals surface area contributed by atoms with E-state index in [0.717, 1.165) is 5.56 Å². The van der Waals surface area contributed by atoms with Crippen LogP contribution in [0.4, 0.5) is 4.39 Å². The Balaban J connectivity index is 1.66. The fraction of sp³-hybridized carbons (Fsp3) is 0.467. The van der Waals surface area contributed by atoms with Crippen molar-refractivity contribution in [3.8, 4) is 0 Å². The number of likely N-dealkylation sites (tertiary alicyclic amines) is 1. The van der Waals surface area contributed by atoms with Crippen LogP contribution in [0.3, 0.4) is 0 Å². The number of hydrogen-bond acceptors (Lipinski definition) is 3. The molecule has 1 aromatic carbocycles. The number of rotatable bonds is 6. The first-order valence-electron chi connectivity index (χ1n) is 7.01. The molecule has 2 rings (SSSR count). The molecular formula is C15H19FN2O3. The lowest BCUT2D eigenvalue weighted by molar-refractivity contribution is -0.141. The van der Waals surface area contributed by atoms with Gasteiger partial charge in [0, 0.05) is 13.1 Å². The molecule has 0 bridgehead atoms. The van der Waals surface area contributed by atoms with Crippen LogP contribution < -0.4 is 5.32 Å². The van der Waals surface area contributed by atoms with Crippen molar-refractivity contribution in [3.05, 3.63) is 35.6 Å². The highest BCUT2D eigenvalue weighted by atomic mass is 19.1. The molecule has 1 fully saturated rings. The predicted molar refractivity (Wildman–Crippen MR) is 75.3 cm³/mol. The number of nitrogens with zero attached hydrogens (tertiary/aromatic N) is 1. The van der Waals surface area contributed by atoms with E-state index < -0.39 is 5.97 Å². The van der Waals surface area contributed by atoms with Gasteiger partial charge < -0.3 is 10.4 Å². The normalized spacial score (nSPS) is 18.6. The molecule has 1 heterocycles. The summed E-state index contributed by atoms with van der Waals surface area (Å²) in [5.74, 6) is -1.54. The maximum Gasteiger partial charge on any atom is 0.307 e. The number of benzene rings is 1. The number of aliphatic carboxylic acids is 1. The molecular weight excluding hydrogens is 275 g/mol. The molecule has 1 aromatic rings. The first kappa shape index (κ1) is 15.4. The molecule has 0 spiro atoms. The molecule has 0 aliphatic carbocycles. The van der Waals surface area contributed by atoms with Gasteiger partial charge in [-0.3, -0.25) is 14.5 Å². The Labute approximate surface area is 122 Å². The zero-order valence-electron chi connectivity index (χ0n) is 11.7. The molecule has 1 unspecified atom stereocenters. The van der Waals surface area contributed by atoms with Gasteiger partial charge in [0.1, 0.15) is 5.82 Å². The molecule has 0 radical (unpaired) electrons. The second-order valence-corrected chi connectivity index (χ2v) is 5.29. The Morgan fingerprint density at radius 1 is 1.33 bits per heavy atom. The van der Waals surface area contributed by atoms with E-state index >= 15 is 0 Å². The highest BCUT2D eigenvalue weighted by Gasteiger charge is 2.28. The maximum absolute atomic E-state index is 12.7. The van der Waals surface area contributed by atoms with Crippen molar-refractivity contribution >= 4 is 11.9 Å². The monoisotopic (exact) mass is 294 g/mol. The summed E-state index contributed by atoms with van der Waals surface area (Å²) in [6.07, 6.45) is 1.24. The molecule has 0 aromatic heterocycles. The Morgan fingerprint density at radius 2 is 2.05 bits per heavy atom. The molecule has 5 nitrogen and oxygen atoms in total. The van der Waals surface area contributed by atoms with Crippen LogP contribution in [0.1, 0.15) is 12.0 Å². The van der Waals surface area contributed by atoms with Crippen molar-refractivity contribution in [2.45, 2.75) is 12.8 Å². The molecule has 1 saturated heterocycles. The maximum atomic E-state index is 12.7. The number of carbonyl (C=O) groups is 2. The number of amides is 1. The largest absolute Gasteiger partial charge is 0.481 e. The number of nitrogens with one attached hydrogen (secondary N) is 1. The van der Waals surface area contributed by atoms with Crippen LogP contribution in [-0.4, -0.2) is 48.1 Å². The van der Waals surface area contributed by atoms with E-state index in [1.165, 1.54) is 12.1 Å². The average Bonchev–Trinajstić information content (AvgIpc) is 2.90. The standard InChI is InChI=1S/C15H19FN2O3/c16-13-3-1-11(2-4-13)5-7-17-14(19)10-18-8-6-12(9-18)15(20)21/h1-4,12H,5-10H2,(H,17,19)(H,20,21). The van der Waals surface area contributed by atoms with Gasteiger partial charge in [0.2, 0.25) is 5.91 Å². The lowest BCUT2D eigenvalue weighted by Gasteiger charge is -2.14. The molecule has 21 heavy (non-hydrogen) atoms. The van der Waals surface area contributed by atoms with Crippen molar-refractivity contribution in [1.82, 2.24) is 10.2 Å². The van der Waals surface area contributed by atoms with E-state index in [2.05, 4.69) is 5.32 Å². The summed E-state index contributed by atoms with van der Waals surface area (Å²) >= 11 is 0. The fourth-order valence-electron chi connectivity index (χ4n) is 2.43. The topological polar surface area (TPSA) is 69.6 Å². The molecule has 1 aliphatic rings. The van der Waals surface area contributed by atoms with Gasteiger partial charge in [0.25, 0.3) is 0 Å². The van der Waals surface area contributed by atoms with E-state index in [1.807, 2.05) is 4.90 Å². The third-order valence-electron chi connectivity index (χ3n) is 3.64. The van der Waals surface area contributed by atoms with E-state index in [9.17, 15) is 14.0 Å². The van der Waals surface area contributed by atoms with Crippen LogP contribution in [0.5, 0.6) is 0 Å². The van der Waals surface area contributed by atoms with E-state index in [1.54, 1.807) is 12.1 Å². The minimum Gasteiger partial charge on any atom is -0.481 e. The predicted octanol–water partition coefficient (Wildman–Crippen LogP) is 0.891. The van der Waals surface area contributed by atoms with Crippen molar-refractivity contribution in [2.24, 2.45) is 5.92 Å². The minimum absolute atomic E-state index is 0.108. The molecule has 114 valence electrons. The number of hydrogen-bond donors (Lipinski definition) is 2. The van der Waals surface area contributed by atoms with Gasteiger partial charge in [-0.05, 0) is 37.1 Å². The van der Waals surface area contributed by atoms with Gasteiger partial charge in [-0.2, -0.15) is 0 Å². The van der Waals surface area contributed by atoms with Crippen LogP contribution in [-0.2, 0) is 16.0 Å². The summed E-state index contributed by atoms with van der Waals surface area (Å²) < 4.78 is 12.7. The minimum atomic E-state index is -0.797. The number of carboxylic acids is 1. The first-order valence-corrected chi connectivity index (χ1v) is 7.01. The molecule has 2 N–H and O–H groups in total. The highest BCUT2D eigenvalue weighted by molar-refractivity contribution is 5.78. The first-order chi connectivity index (χ1) is 10.0. The Hall–Kier alpha value is -1.95. The van der Waals surface area contributed by atoms with Crippen molar-refractivity contribution < 1.29 is 19.1 Å². The Morgan fingerprint density at radius 3 is 2.67 bits per heavy atom. The number of carbonyl (C=O) groups excluding carboxylic acids is 1. The van der Waals surface area contributed by atoms with Crippen LogP contribution in [0.15, 0.2) is 24.3 Å². The molecule has 6 heteroatoms. The van der Waals surface area contributed by atoms with Gasteiger partial charge in [0.05, 0.1) is 12.5 Å². The highest BCUT2D eigenvalue weighted by Crippen LogP contribution is 2.15. The molecule has 1 atom stereocenters. The smallest absolute Gasteiger partial charge is 0.307 e. The fourth-order valence-corrected chi connectivity index (χ4v) is 2.43. The zero-order chi connectivity index (χ0) is 15.2. The summed E-state index contributed by atoms with van der Waals surface area (Å²) in [7, 11) is 0. The molecule has 0 saturated carbocycles. The summed E-state index contributed by atoms with van der Waals surface area (Å²) in [6, 6.07) is 6.18. The summed E-state index contributed by atoms with van der Waals surface area (Å²) in [5, 5.41) is 11.7. The van der Waals surface area contributed by atoms with Gasteiger partial charge in [0.15, 0.2) is 0 Å². The van der Waals surface area contributed by atoms with Crippen LogP contribution in [0, 0.1) is 11.7 Å². The van der Waals surface area contributed by atoms with Gasteiger partial charge >= 0.3 is 5.97 Å². The van der Waals surface area contributed by atoms with Gasteiger partial charge in [-0.1, -0.05) is 12.1 Å². The zero-order valence-corrected chi connectivity index (χ0v) is 11.7. The average molecular weight is 294 g/mol. The quantitative estimate of drug-likeness (QED) is 0.817. The third-order valence-corrected chi connectivity index (χ3v) is 3.64. The summed E-state index contributed by atoms with van der Waals surface area (Å²) in [4.78, 5) is 24.4. The third kappa shape index (κ3) is 4.82. The van der Waals surface area contributed by atoms with E-state index in [0.29, 0.717) is 32.5 Å². The van der Waals surface area contributed by atoms with E-state index in [-0.39, 0.29) is 24.2 Å². The molecule has 1 amide bonds.